The minimum absolute atomic E-state index is 0.113. The van der Waals surface area contributed by atoms with Crippen molar-refractivity contribution in [2.24, 2.45) is 0 Å². The highest BCUT2D eigenvalue weighted by atomic mass is 32.2. The summed E-state index contributed by atoms with van der Waals surface area (Å²) in [5, 5.41) is 2.87. The third-order valence-corrected chi connectivity index (χ3v) is 5.33. The van der Waals surface area contributed by atoms with E-state index in [1.807, 2.05) is 32.0 Å². The molecular weight excluding hydrogens is 376 g/mol. The van der Waals surface area contributed by atoms with E-state index in [-0.39, 0.29) is 17.8 Å². The average Bonchev–Trinajstić information content (AvgIpc) is 2.95. The molecule has 1 N–H and O–H groups in total. The molecule has 0 aliphatic carbocycles. The Morgan fingerprint density at radius 2 is 1.86 bits per heavy atom. The highest BCUT2D eigenvalue weighted by Gasteiger charge is 2.35. The fourth-order valence-corrected chi connectivity index (χ4v) is 3.65. The van der Waals surface area contributed by atoms with E-state index < -0.39 is 0 Å². The van der Waals surface area contributed by atoms with Crippen LogP contribution in [0.25, 0.3) is 6.08 Å². The number of carbonyl (C=O) groups excluding carboxylic acids is 2. The maximum absolute atomic E-state index is 12.8. The Kier molecular flexibility index (Phi) is 5.94. The Morgan fingerprint density at radius 1 is 1.07 bits per heavy atom. The number of carbonyl (C=O) groups is 2. The number of hydrogen-bond donors (Lipinski definition) is 1. The zero-order valence-corrected chi connectivity index (χ0v) is 17.1. The fraction of sp³-hybridized carbons (Fsp3) is 0.238. The molecule has 1 heterocycles. The van der Waals surface area contributed by atoms with Gasteiger partial charge in [-0.1, -0.05) is 12.1 Å². The van der Waals surface area contributed by atoms with Gasteiger partial charge in [-0.15, -0.1) is 0 Å². The zero-order chi connectivity index (χ0) is 20.3. The highest BCUT2D eigenvalue weighted by molar-refractivity contribution is 8.18. The van der Waals surface area contributed by atoms with Crippen molar-refractivity contribution in [1.82, 2.24) is 4.90 Å². The Hall–Kier alpha value is -2.93. The van der Waals surface area contributed by atoms with Crippen LogP contribution in [-0.4, -0.2) is 36.9 Å². The van der Waals surface area contributed by atoms with Crippen molar-refractivity contribution in [3.8, 4) is 11.5 Å². The normalized spacial score (nSPS) is 15.3. The van der Waals surface area contributed by atoms with Crippen LogP contribution < -0.4 is 14.8 Å². The fourth-order valence-electron chi connectivity index (χ4n) is 2.82. The Morgan fingerprint density at radius 3 is 2.57 bits per heavy atom. The van der Waals surface area contributed by atoms with E-state index in [9.17, 15) is 9.59 Å². The first-order valence-corrected chi connectivity index (χ1v) is 9.53. The summed E-state index contributed by atoms with van der Waals surface area (Å²) in [7, 11) is 3.12. The van der Waals surface area contributed by atoms with Crippen LogP contribution in [0.5, 0.6) is 11.5 Å². The summed E-state index contributed by atoms with van der Waals surface area (Å²) in [6.07, 6.45) is 1.66. The Balaban J connectivity index is 1.80. The number of nitrogens with zero attached hydrogens (tertiary/aromatic N) is 1. The molecule has 2 aromatic carbocycles. The minimum atomic E-state index is -0.335. The van der Waals surface area contributed by atoms with Crippen LogP contribution in [0, 0.1) is 13.8 Å². The first-order valence-electron chi connectivity index (χ1n) is 8.71. The second-order valence-electron chi connectivity index (χ2n) is 6.37. The molecular formula is C21H22N2O4S. The van der Waals surface area contributed by atoms with Crippen molar-refractivity contribution < 1.29 is 19.1 Å². The van der Waals surface area contributed by atoms with Gasteiger partial charge in [0.15, 0.2) is 0 Å². The number of aryl methyl sites for hydroxylation is 2. The number of anilines is 1. The van der Waals surface area contributed by atoms with Gasteiger partial charge in [-0.2, -0.15) is 0 Å². The lowest BCUT2D eigenvalue weighted by Gasteiger charge is -2.16. The van der Waals surface area contributed by atoms with Gasteiger partial charge < -0.3 is 14.8 Å². The van der Waals surface area contributed by atoms with Crippen molar-refractivity contribution in [3.63, 3.8) is 0 Å². The summed E-state index contributed by atoms with van der Waals surface area (Å²) < 4.78 is 10.6. The highest BCUT2D eigenvalue weighted by Crippen LogP contribution is 2.35. The lowest BCUT2D eigenvalue weighted by atomic mass is 10.1. The molecule has 0 bridgehead atoms. The molecule has 0 unspecified atom stereocenters. The van der Waals surface area contributed by atoms with Gasteiger partial charge >= 0.3 is 0 Å². The maximum atomic E-state index is 12.8. The third-order valence-electron chi connectivity index (χ3n) is 4.42. The predicted octanol–water partition coefficient (Wildman–Crippen LogP) is 4.43. The number of imide groups is 1. The van der Waals surface area contributed by atoms with Crippen molar-refractivity contribution in [1.29, 1.82) is 0 Å². The molecule has 0 radical (unpaired) electrons. The first-order chi connectivity index (χ1) is 13.4. The van der Waals surface area contributed by atoms with Gasteiger partial charge in [-0.25, -0.2) is 0 Å². The molecule has 6 nitrogen and oxygen atoms in total. The average molecular weight is 398 g/mol. The lowest BCUT2D eigenvalue weighted by Crippen LogP contribution is -2.33. The number of hydrogen-bond acceptors (Lipinski definition) is 6. The van der Waals surface area contributed by atoms with Gasteiger partial charge in [-0.3, -0.25) is 14.5 Å². The van der Waals surface area contributed by atoms with E-state index in [1.54, 1.807) is 38.5 Å². The SMILES string of the molecule is COc1ccc(OC)c(/C=C2/SC(=O)N(CNc3cc(C)ccc3C)C2=O)c1. The number of amides is 2. The van der Waals surface area contributed by atoms with E-state index in [0.717, 1.165) is 28.6 Å². The molecule has 146 valence electrons. The predicted molar refractivity (Wildman–Crippen MR) is 112 cm³/mol. The molecule has 0 atom stereocenters. The maximum Gasteiger partial charge on any atom is 0.295 e. The summed E-state index contributed by atoms with van der Waals surface area (Å²) >= 11 is 0.914. The second kappa shape index (κ2) is 8.39. The van der Waals surface area contributed by atoms with Crippen LogP contribution in [0.15, 0.2) is 41.3 Å². The van der Waals surface area contributed by atoms with Gasteiger partial charge in [-0.05, 0) is 67.1 Å². The summed E-state index contributed by atoms with van der Waals surface area (Å²) in [5.74, 6) is 0.904. The third kappa shape index (κ3) is 4.14. The molecule has 1 aliphatic rings. The molecule has 1 fully saturated rings. The van der Waals surface area contributed by atoms with Crippen LogP contribution in [0.1, 0.15) is 16.7 Å². The molecule has 2 aromatic rings. The van der Waals surface area contributed by atoms with Crippen molar-refractivity contribution in [2.45, 2.75) is 13.8 Å². The van der Waals surface area contributed by atoms with Gasteiger partial charge in [0, 0.05) is 11.3 Å². The topological polar surface area (TPSA) is 67.9 Å². The molecule has 0 aromatic heterocycles. The summed E-state index contributed by atoms with van der Waals surface area (Å²) in [5.41, 5.74) is 3.73. The van der Waals surface area contributed by atoms with E-state index in [1.165, 1.54) is 4.90 Å². The smallest absolute Gasteiger partial charge is 0.295 e. The molecule has 7 heteroatoms. The van der Waals surface area contributed by atoms with Crippen molar-refractivity contribution in [2.75, 3.05) is 26.2 Å². The number of rotatable bonds is 6. The van der Waals surface area contributed by atoms with Crippen LogP contribution in [-0.2, 0) is 4.79 Å². The van der Waals surface area contributed by atoms with E-state index in [0.29, 0.717) is 22.0 Å². The number of ether oxygens (including phenoxy) is 2. The lowest BCUT2D eigenvalue weighted by molar-refractivity contribution is -0.122. The molecule has 0 saturated carbocycles. The molecule has 1 saturated heterocycles. The van der Waals surface area contributed by atoms with Crippen molar-refractivity contribution in [3.05, 3.63) is 58.0 Å². The summed E-state index contributed by atoms with van der Waals surface area (Å²) in [6, 6.07) is 11.3. The number of benzene rings is 2. The van der Waals surface area contributed by atoms with Crippen LogP contribution in [0.3, 0.4) is 0 Å². The van der Waals surface area contributed by atoms with E-state index >= 15 is 0 Å². The minimum Gasteiger partial charge on any atom is -0.497 e. The van der Waals surface area contributed by atoms with Crippen LogP contribution in [0.2, 0.25) is 0 Å². The van der Waals surface area contributed by atoms with E-state index in [4.69, 9.17) is 9.47 Å². The molecule has 3 rings (SSSR count). The summed E-state index contributed by atoms with van der Waals surface area (Å²) in [4.78, 5) is 26.7. The monoisotopic (exact) mass is 398 g/mol. The van der Waals surface area contributed by atoms with Crippen LogP contribution in [0.4, 0.5) is 10.5 Å². The number of nitrogens with one attached hydrogen (secondary N) is 1. The Labute approximate surface area is 168 Å². The van der Waals surface area contributed by atoms with Gasteiger partial charge in [0.2, 0.25) is 0 Å². The molecule has 2 amide bonds. The largest absolute Gasteiger partial charge is 0.497 e. The van der Waals surface area contributed by atoms with Gasteiger partial charge in [0.1, 0.15) is 11.5 Å². The van der Waals surface area contributed by atoms with Crippen molar-refractivity contribution >= 4 is 34.7 Å². The molecule has 1 aliphatic heterocycles. The molecule has 28 heavy (non-hydrogen) atoms. The number of methoxy groups -OCH3 is 2. The second-order valence-corrected chi connectivity index (χ2v) is 7.36. The van der Waals surface area contributed by atoms with Gasteiger partial charge in [0.05, 0.1) is 25.8 Å². The number of thioether (sulfide) groups is 1. The van der Waals surface area contributed by atoms with Crippen LogP contribution >= 0.6 is 11.8 Å². The standard InChI is InChI=1S/C21H22N2O4S/c1-13-5-6-14(2)17(9-13)22-12-23-20(24)19(28-21(23)25)11-15-10-16(26-3)7-8-18(15)27-4/h5-11,22H,12H2,1-4H3/b19-11+. The quantitative estimate of drug-likeness (QED) is 0.726. The van der Waals surface area contributed by atoms with Gasteiger partial charge in [0.25, 0.3) is 11.1 Å². The first kappa shape index (κ1) is 19.8. The molecule has 0 spiro atoms. The summed E-state index contributed by atoms with van der Waals surface area (Å²) in [6.45, 7) is 4.08. The zero-order valence-electron chi connectivity index (χ0n) is 16.2. The Bertz CT molecular complexity index is 955. The van der Waals surface area contributed by atoms with E-state index in [2.05, 4.69) is 5.32 Å².